The fourth-order valence-corrected chi connectivity index (χ4v) is 5.08. The lowest BCUT2D eigenvalue weighted by molar-refractivity contribution is 0.389. The Morgan fingerprint density at radius 1 is 1.11 bits per heavy atom. The lowest BCUT2D eigenvalue weighted by Crippen LogP contribution is -2.16. The first kappa shape index (κ1) is 29.5. The van der Waals surface area contributed by atoms with Crippen molar-refractivity contribution in [3.05, 3.63) is 92.0 Å². The molecule has 1 aliphatic rings. The highest BCUT2D eigenvalue weighted by molar-refractivity contribution is 8.07. The fraction of sp³-hybridized carbons (Fsp3) is 0.333. The number of nitrogens with one attached hydrogen (secondary N) is 2. The summed E-state index contributed by atoms with van der Waals surface area (Å²) >= 11 is 6.29. The number of thiol groups is 1. The molecular formula is C30H40N2O2S2. The van der Waals surface area contributed by atoms with Crippen molar-refractivity contribution in [2.45, 2.75) is 54.4 Å². The Kier molecular flexibility index (Phi) is 11.6. The van der Waals surface area contributed by atoms with Crippen molar-refractivity contribution in [3.8, 4) is 11.5 Å². The molecule has 2 aromatic carbocycles. The zero-order valence-electron chi connectivity index (χ0n) is 22.8. The van der Waals surface area contributed by atoms with Crippen molar-refractivity contribution in [1.82, 2.24) is 5.32 Å². The van der Waals surface area contributed by atoms with E-state index in [-0.39, 0.29) is 0 Å². The molecule has 194 valence electrons. The summed E-state index contributed by atoms with van der Waals surface area (Å²) in [6.07, 6.45) is 3.97. The summed E-state index contributed by atoms with van der Waals surface area (Å²) in [6.45, 7) is 16.6. The maximum absolute atomic E-state index is 5.50. The summed E-state index contributed by atoms with van der Waals surface area (Å²) in [5.74, 6) is 1.53. The topological polar surface area (TPSA) is 42.5 Å². The molecule has 0 aliphatic carbocycles. The minimum atomic E-state index is 0.763. The number of allylic oxidation sites excluding steroid dienone is 3. The number of anilines is 1. The molecule has 2 aromatic rings. The number of methoxy groups -OCH3 is 2. The molecule has 3 rings (SSSR count). The van der Waals surface area contributed by atoms with E-state index < -0.39 is 0 Å². The number of hydrogen-bond acceptors (Lipinski definition) is 6. The highest BCUT2D eigenvalue weighted by Crippen LogP contribution is 2.40. The lowest BCUT2D eigenvalue weighted by atomic mass is 9.93. The van der Waals surface area contributed by atoms with Crippen LogP contribution >= 0.6 is 24.4 Å². The third-order valence-corrected chi connectivity index (χ3v) is 7.22. The van der Waals surface area contributed by atoms with Gasteiger partial charge in [-0.1, -0.05) is 68.9 Å². The third-order valence-electron chi connectivity index (χ3n) is 5.78. The van der Waals surface area contributed by atoms with Gasteiger partial charge in [0, 0.05) is 34.5 Å². The number of rotatable bonds is 9. The average molecular weight is 525 g/mol. The molecule has 0 bridgehead atoms. The summed E-state index contributed by atoms with van der Waals surface area (Å²) in [5, 5.41) is 7.74. The minimum absolute atomic E-state index is 0.763. The van der Waals surface area contributed by atoms with E-state index in [1.807, 2.05) is 39.8 Å². The Hall–Kier alpha value is -2.70. The van der Waals surface area contributed by atoms with Gasteiger partial charge in [-0.2, -0.15) is 0 Å². The fourth-order valence-electron chi connectivity index (χ4n) is 3.96. The van der Waals surface area contributed by atoms with E-state index in [4.69, 9.17) is 22.1 Å². The second-order valence-corrected chi connectivity index (χ2v) is 10.0. The van der Waals surface area contributed by atoms with Crippen molar-refractivity contribution < 1.29 is 9.47 Å². The van der Waals surface area contributed by atoms with Gasteiger partial charge in [-0.3, -0.25) is 0 Å². The van der Waals surface area contributed by atoms with Crippen LogP contribution in [0.5, 0.6) is 11.5 Å². The van der Waals surface area contributed by atoms with Crippen molar-refractivity contribution >= 4 is 35.7 Å². The summed E-state index contributed by atoms with van der Waals surface area (Å²) in [6, 6.07) is 12.5. The quantitative estimate of drug-likeness (QED) is 0.286. The highest BCUT2D eigenvalue weighted by Gasteiger charge is 2.20. The van der Waals surface area contributed by atoms with E-state index in [1.54, 1.807) is 26.0 Å². The number of thioether (sulfide) groups is 1. The molecule has 6 heteroatoms. The van der Waals surface area contributed by atoms with Gasteiger partial charge < -0.3 is 20.1 Å². The van der Waals surface area contributed by atoms with E-state index in [0.717, 1.165) is 56.1 Å². The first-order chi connectivity index (χ1) is 17.3. The molecule has 0 fully saturated rings. The van der Waals surface area contributed by atoms with Gasteiger partial charge in [-0.15, -0.1) is 12.6 Å². The maximum atomic E-state index is 5.50. The maximum Gasteiger partial charge on any atom is 0.127 e. The van der Waals surface area contributed by atoms with Crippen LogP contribution in [-0.2, 0) is 0 Å². The first-order valence-corrected chi connectivity index (χ1v) is 13.5. The monoisotopic (exact) mass is 524 g/mol. The third kappa shape index (κ3) is 7.40. The van der Waals surface area contributed by atoms with Crippen LogP contribution in [0.25, 0.3) is 5.57 Å². The number of ether oxygens (including phenoxy) is 2. The molecule has 0 saturated heterocycles. The van der Waals surface area contributed by atoms with Crippen LogP contribution < -0.4 is 20.1 Å². The number of aryl methyl sites for hydroxylation is 1. The summed E-state index contributed by atoms with van der Waals surface area (Å²) in [4.78, 5) is 2.00. The summed E-state index contributed by atoms with van der Waals surface area (Å²) < 4.78 is 11.0. The van der Waals surface area contributed by atoms with E-state index in [1.165, 1.54) is 22.3 Å². The predicted molar refractivity (Wildman–Crippen MR) is 162 cm³/mol. The Balaban J connectivity index is 0.00000222. The molecule has 0 aromatic heterocycles. The van der Waals surface area contributed by atoms with Crippen LogP contribution in [-0.4, -0.2) is 14.2 Å². The van der Waals surface area contributed by atoms with Gasteiger partial charge in [0.25, 0.3) is 0 Å². The van der Waals surface area contributed by atoms with Gasteiger partial charge in [0.2, 0.25) is 0 Å². The molecule has 1 aliphatic heterocycles. The standard InChI is InChI=1S/C28H34N2O2S2.C2H6/c1-8-21-13-23(22-11-9-10-17(2)12-22)16-29-27(21)28(19(4)33)34-20(5)30-24-14-25(31-6)18(3)26(15-24)32-7;1-2/h9-12,14-16,29-30,33H,5,8,13H2,1-4,6-7H3;1-2H3/b28-19+;. The van der Waals surface area contributed by atoms with Gasteiger partial charge in [0.15, 0.2) is 0 Å². The molecule has 0 saturated carbocycles. The number of dihydropyridines is 1. The zero-order chi connectivity index (χ0) is 26.8. The van der Waals surface area contributed by atoms with E-state index in [2.05, 4.69) is 61.5 Å². The average Bonchev–Trinajstić information content (AvgIpc) is 2.88. The van der Waals surface area contributed by atoms with Gasteiger partial charge in [-0.25, -0.2) is 0 Å². The van der Waals surface area contributed by atoms with Crippen molar-refractivity contribution in [3.63, 3.8) is 0 Å². The van der Waals surface area contributed by atoms with Crippen molar-refractivity contribution in [2.75, 3.05) is 19.5 Å². The van der Waals surface area contributed by atoms with Gasteiger partial charge >= 0.3 is 0 Å². The van der Waals surface area contributed by atoms with E-state index in [0.29, 0.717) is 0 Å². The molecule has 0 amide bonds. The predicted octanol–water partition coefficient (Wildman–Crippen LogP) is 8.82. The molecule has 0 unspecified atom stereocenters. The second-order valence-electron chi connectivity index (χ2n) is 8.26. The van der Waals surface area contributed by atoms with Crippen LogP contribution in [0.15, 0.2) is 75.3 Å². The van der Waals surface area contributed by atoms with Crippen molar-refractivity contribution in [2.24, 2.45) is 0 Å². The van der Waals surface area contributed by atoms with Crippen LogP contribution in [0.2, 0.25) is 0 Å². The molecular weight excluding hydrogens is 484 g/mol. The first-order valence-electron chi connectivity index (χ1n) is 12.3. The molecule has 0 radical (unpaired) electrons. The lowest BCUT2D eigenvalue weighted by Gasteiger charge is -2.25. The molecule has 36 heavy (non-hydrogen) atoms. The van der Waals surface area contributed by atoms with Crippen LogP contribution in [0, 0.1) is 13.8 Å². The Morgan fingerprint density at radius 2 is 1.75 bits per heavy atom. The Labute approximate surface area is 227 Å². The molecule has 2 N–H and O–H groups in total. The molecule has 0 spiro atoms. The second kappa shape index (κ2) is 14.1. The Bertz CT molecular complexity index is 1150. The van der Waals surface area contributed by atoms with Gasteiger partial charge in [-0.05, 0) is 55.2 Å². The van der Waals surface area contributed by atoms with Crippen LogP contribution in [0.1, 0.15) is 57.2 Å². The van der Waals surface area contributed by atoms with Gasteiger partial charge in [0.1, 0.15) is 11.5 Å². The largest absolute Gasteiger partial charge is 0.496 e. The molecule has 4 nitrogen and oxygen atoms in total. The normalized spacial score (nSPS) is 13.5. The zero-order valence-corrected chi connectivity index (χ0v) is 24.5. The van der Waals surface area contributed by atoms with Gasteiger partial charge in [0.05, 0.1) is 24.9 Å². The summed E-state index contributed by atoms with van der Waals surface area (Å²) in [7, 11) is 3.32. The van der Waals surface area contributed by atoms with E-state index in [9.17, 15) is 0 Å². The highest BCUT2D eigenvalue weighted by atomic mass is 32.2. The number of hydrogen-bond donors (Lipinski definition) is 3. The van der Waals surface area contributed by atoms with E-state index >= 15 is 0 Å². The van der Waals surface area contributed by atoms with Crippen LogP contribution in [0.3, 0.4) is 0 Å². The Morgan fingerprint density at radius 3 is 2.28 bits per heavy atom. The SMILES string of the molecule is C=C(Nc1cc(OC)c(C)c(OC)c1)S/C(C1=C(CC)CC(c2cccc(C)c2)=CN1)=C(\C)S.CC. The number of benzene rings is 2. The molecule has 0 atom stereocenters. The van der Waals surface area contributed by atoms with Crippen molar-refractivity contribution in [1.29, 1.82) is 0 Å². The minimum Gasteiger partial charge on any atom is -0.496 e. The molecule has 1 heterocycles. The smallest absolute Gasteiger partial charge is 0.127 e. The van der Waals surface area contributed by atoms with Crippen LogP contribution in [0.4, 0.5) is 5.69 Å². The summed E-state index contributed by atoms with van der Waals surface area (Å²) in [5.41, 5.74) is 8.09.